The summed E-state index contributed by atoms with van der Waals surface area (Å²) < 4.78 is 1.80. The van der Waals surface area contributed by atoms with E-state index in [1.165, 1.54) is 12.8 Å². The van der Waals surface area contributed by atoms with E-state index >= 15 is 0 Å². The number of nitrogens with zero attached hydrogens (tertiary/aromatic N) is 3. The summed E-state index contributed by atoms with van der Waals surface area (Å²) in [6.45, 7) is 2.29. The van der Waals surface area contributed by atoms with Crippen LogP contribution in [0.2, 0.25) is 0 Å². The average molecular weight is 276 g/mol. The normalized spacial score (nSPS) is 27.6. The maximum Gasteiger partial charge on any atom is 0.113 e. The van der Waals surface area contributed by atoms with E-state index < -0.39 is 0 Å². The van der Waals surface area contributed by atoms with Gasteiger partial charge in [0.1, 0.15) is 5.01 Å². The maximum atomic E-state index is 6.59. The number of hydrogen-bond acceptors (Lipinski definition) is 4. The molecule has 2 aromatic heterocycles. The van der Waals surface area contributed by atoms with E-state index in [-0.39, 0.29) is 5.54 Å². The van der Waals surface area contributed by atoms with Crippen molar-refractivity contribution in [3.8, 4) is 11.3 Å². The Hall–Kier alpha value is -1.20. The van der Waals surface area contributed by atoms with Gasteiger partial charge >= 0.3 is 0 Å². The molecule has 1 aliphatic rings. The van der Waals surface area contributed by atoms with Crippen LogP contribution in [0, 0.1) is 5.92 Å². The highest BCUT2D eigenvalue weighted by atomic mass is 32.1. The summed E-state index contributed by atoms with van der Waals surface area (Å²) >= 11 is 1.69. The van der Waals surface area contributed by atoms with Gasteiger partial charge in [0.2, 0.25) is 0 Å². The first-order valence-corrected chi connectivity index (χ1v) is 7.69. The van der Waals surface area contributed by atoms with Gasteiger partial charge in [0.05, 0.1) is 17.4 Å². The monoisotopic (exact) mass is 276 g/mol. The highest BCUT2D eigenvalue weighted by molar-refractivity contribution is 7.10. The Bertz CT molecular complexity index is 574. The molecule has 0 spiro atoms. The molecule has 102 valence electrons. The average Bonchev–Trinajstić information content (AvgIpc) is 2.96. The zero-order valence-electron chi connectivity index (χ0n) is 11.5. The molecule has 2 heterocycles. The summed E-state index contributed by atoms with van der Waals surface area (Å²) in [6, 6.07) is 0. The second kappa shape index (κ2) is 4.72. The van der Waals surface area contributed by atoms with Gasteiger partial charge < -0.3 is 5.73 Å². The van der Waals surface area contributed by atoms with Gasteiger partial charge in [0.25, 0.3) is 0 Å². The first kappa shape index (κ1) is 12.8. The van der Waals surface area contributed by atoms with Crippen LogP contribution in [0.4, 0.5) is 0 Å². The lowest BCUT2D eigenvalue weighted by atomic mass is 9.77. The fourth-order valence-electron chi connectivity index (χ4n) is 2.97. The molecule has 1 saturated carbocycles. The number of hydrogen-bond donors (Lipinski definition) is 1. The highest BCUT2D eigenvalue weighted by Crippen LogP contribution is 2.39. The van der Waals surface area contributed by atoms with E-state index in [1.807, 2.05) is 19.4 Å². The molecular formula is C14H20N4S. The predicted octanol–water partition coefficient (Wildman–Crippen LogP) is 2.91. The van der Waals surface area contributed by atoms with Crippen molar-refractivity contribution >= 4 is 11.3 Å². The van der Waals surface area contributed by atoms with E-state index in [2.05, 4.69) is 17.4 Å². The zero-order valence-corrected chi connectivity index (χ0v) is 12.3. The van der Waals surface area contributed by atoms with E-state index in [0.717, 1.165) is 29.1 Å². The summed E-state index contributed by atoms with van der Waals surface area (Å²) in [5.41, 5.74) is 8.44. The third-order valence-corrected chi connectivity index (χ3v) is 5.03. The molecule has 5 heteroatoms. The molecule has 1 aliphatic carbocycles. The van der Waals surface area contributed by atoms with Crippen molar-refractivity contribution in [2.75, 3.05) is 0 Å². The molecule has 2 unspecified atom stereocenters. The van der Waals surface area contributed by atoms with Crippen LogP contribution in [0.25, 0.3) is 11.3 Å². The third-order valence-electron chi connectivity index (χ3n) is 3.96. The SMILES string of the molecule is CC1CCCC(N)(c2nc(-c3cnn(C)c3)cs2)C1. The van der Waals surface area contributed by atoms with Gasteiger partial charge in [-0.15, -0.1) is 11.3 Å². The van der Waals surface area contributed by atoms with Crippen LogP contribution < -0.4 is 5.73 Å². The van der Waals surface area contributed by atoms with Gasteiger partial charge in [-0.3, -0.25) is 4.68 Å². The van der Waals surface area contributed by atoms with Crippen molar-refractivity contribution in [1.29, 1.82) is 0 Å². The molecule has 2 atom stereocenters. The first-order chi connectivity index (χ1) is 9.07. The number of nitrogens with two attached hydrogens (primary N) is 1. The second-order valence-electron chi connectivity index (χ2n) is 5.80. The van der Waals surface area contributed by atoms with Gasteiger partial charge in [-0.25, -0.2) is 4.98 Å². The second-order valence-corrected chi connectivity index (χ2v) is 6.66. The van der Waals surface area contributed by atoms with Crippen LogP contribution >= 0.6 is 11.3 Å². The van der Waals surface area contributed by atoms with Crippen LogP contribution in [0.3, 0.4) is 0 Å². The van der Waals surface area contributed by atoms with Gasteiger partial charge in [-0.2, -0.15) is 5.10 Å². The van der Waals surface area contributed by atoms with E-state index in [1.54, 1.807) is 16.0 Å². The van der Waals surface area contributed by atoms with Crippen molar-refractivity contribution in [2.24, 2.45) is 18.7 Å². The number of thiazole rings is 1. The zero-order chi connectivity index (χ0) is 13.5. The van der Waals surface area contributed by atoms with Crippen LogP contribution in [-0.4, -0.2) is 14.8 Å². The third kappa shape index (κ3) is 2.44. The maximum absolute atomic E-state index is 6.59. The molecule has 0 bridgehead atoms. The largest absolute Gasteiger partial charge is 0.319 e. The molecule has 4 nitrogen and oxygen atoms in total. The summed E-state index contributed by atoms with van der Waals surface area (Å²) in [5.74, 6) is 0.699. The number of rotatable bonds is 2. The summed E-state index contributed by atoms with van der Waals surface area (Å²) in [4.78, 5) is 4.76. The molecule has 1 fully saturated rings. The molecule has 0 saturated heterocycles. The lowest BCUT2D eigenvalue weighted by molar-refractivity contribution is 0.238. The molecule has 2 aromatic rings. The lowest BCUT2D eigenvalue weighted by Crippen LogP contribution is -2.40. The smallest absolute Gasteiger partial charge is 0.113 e. The number of aromatic nitrogens is 3. The Morgan fingerprint density at radius 1 is 1.53 bits per heavy atom. The van der Waals surface area contributed by atoms with E-state index in [9.17, 15) is 0 Å². The molecule has 0 radical (unpaired) electrons. The predicted molar refractivity (Wildman–Crippen MR) is 77.8 cm³/mol. The fourth-order valence-corrected chi connectivity index (χ4v) is 3.96. The topological polar surface area (TPSA) is 56.7 Å². The van der Waals surface area contributed by atoms with Crippen LogP contribution in [0.15, 0.2) is 17.8 Å². The molecule has 0 amide bonds. The van der Waals surface area contributed by atoms with Crippen molar-refractivity contribution in [3.63, 3.8) is 0 Å². The van der Waals surface area contributed by atoms with Gasteiger partial charge in [-0.05, 0) is 18.8 Å². The summed E-state index contributed by atoms with van der Waals surface area (Å²) in [7, 11) is 1.92. The summed E-state index contributed by atoms with van der Waals surface area (Å²) in [5, 5.41) is 7.37. The molecule has 3 rings (SSSR count). The quantitative estimate of drug-likeness (QED) is 0.917. The van der Waals surface area contributed by atoms with Crippen molar-refractivity contribution < 1.29 is 0 Å². The molecule has 0 aliphatic heterocycles. The Balaban J connectivity index is 1.88. The minimum Gasteiger partial charge on any atom is -0.319 e. The lowest BCUT2D eigenvalue weighted by Gasteiger charge is -2.35. The highest BCUT2D eigenvalue weighted by Gasteiger charge is 2.35. The van der Waals surface area contributed by atoms with Crippen LogP contribution in [0.5, 0.6) is 0 Å². The van der Waals surface area contributed by atoms with E-state index in [4.69, 9.17) is 10.7 Å². The first-order valence-electron chi connectivity index (χ1n) is 6.81. The molecule has 2 N–H and O–H groups in total. The van der Waals surface area contributed by atoms with Crippen molar-refractivity contribution in [1.82, 2.24) is 14.8 Å². The Kier molecular flexibility index (Phi) is 3.19. The molecule has 0 aromatic carbocycles. The van der Waals surface area contributed by atoms with Gasteiger partial charge in [0, 0.05) is 24.2 Å². The van der Waals surface area contributed by atoms with Crippen molar-refractivity contribution in [3.05, 3.63) is 22.8 Å². The minimum atomic E-state index is -0.219. The van der Waals surface area contributed by atoms with Gasteiger partial charge in [0.15, 0.2) is 0 Å². The minimum absolute atomic E-state index is 0.219. The molecular weight excluding hydrogens is 256 g/mol. The Labute approximate surface area is 117 Å². The standard InChI is InChI=1S/C14H20N4S/c1-10-4-3-5-14(15,6-10)13-17-12(9-19-13)11-7-16-18(2)8-11/h7-10H,3-6,15H2,1-2H3. The molecule has 19 heavy (non-hydrogen) atoms. The van der Waals surface area contributed by atoms with E-state index in [0.29, 0.717) is 5.92 Å². The van der Waals surface area contributed by atoms with Crippen molar-refractivity contribution in [2.45, 2.75) is 38.1 Å². The summed E-state index contributed by atoms with van der Waals surface area (Å²) in [6.07, 6.45) is 8.45. The number of aryl methyl sites for hydroxylation is 1. The van der Waals surface area contributed by atoms with Crippen LogP contribution in [0.1, 0.15) is 37.6 Å². The van der Waals surface area contributed by atoms with Gasteiger partial charge in [-0.1, -0.05) is 19.8 Å². The Morgan fingerprint density at radius 3 is 3.05 bits per heavy atom. The van der Waals surface area contributed by atoms with Crippen LogP contribution in [-0.2, 0) is 12.6 Å². The fraction of sp³-hybridized carbons (Fsp3) is 0.571. The Morgan fingerprint density at radius 2 is 2.37 bits per heavy atom.